The topological polar surface area (TPSA) is 33.0 Å². The molecule has 0 N–H and O–H groups in total. The molecule has 0 heterocycles. The van der Waals surface area contributed by atoms with Crippen LogP contribution in [0, 0.1) is 11.3 Å². The van der Waals surface area contributed by atoms with Crippen LogP contribution in [0.4, 0.5) is 0 Å². The Balaban J connectivity index is 2.26. The lowest BCUT2D eigenvalue weighted by molar-refractivity contribution is 0.412. The van der Waals surface area contributed by atoms with Crippen LogP contribution in [0.1, 0.15) is 36.3 Å². The first-order chi connectivity index (χ1) is 7.74. The van der Waals surface area contributed by atoms with E-state index in [-0.39, 0.29) is 0 Å². The molecule has 0 saturated heterocycles. The van der Waals surface area contributed by atoms with E-state index in [1.54, 1.807) is 7.11 Å². The third-order valence-corrected chi connectivity index (χ3v) is 3.58. The van der Waals surface area contributed by atoms with Crippen LogP contribution >= 0.6 is 11.6 Å². The molecule has 0 spiro atoms. The van der Waals surface area contributed by atoms with E-state index in [2.05, 4.69) is 6.07 Å². The molecule has 16 heavy (non-hydrogen) atoms. The lowest BCUT2D eigenvalue weighted by Gasteiger charge is -2.11. The number of ether oxygens (including phenoxy) is 1. The summed E-state index contributed by atoms with van der Waals surface area (Å²) in [5, 5.41) is 9.19. The number of hydrogen-bond donors (Lipinski definition) is 0. The molecule has 0 bridgehead atoms. The van der Waals surface area contributed by atoms with Gasteiger partial charge in [0.1, 0.15) is 11.8 Å². The number of rotatable bonds is 2. The van der Waals surface area contributed by atoms with E-state index < -0.39 is 0 Å². The summed E-state index contributed by atoms with van der Waals surface area (Å²) < 4.78 is 5.21. The van der Waals surface area contributed by atoms with Gasteiger partial charge in [0.15, 0.2) is 0 Å². The minimum atomic E-state index is 0.298. The van der Waals surface area contributed by atoms with E-state index >= 15 is 0 Å². The van der Waals surface area contributed by atoms with Gasteiger partial charge in [0.25, 0.3) is 0 Å². The molecule has 1 saturated carbocycles. The molecule has 3 heteroatoms. The number of nitriles is 1. The number of alkyl halides is 1. The predicted octanol–water partition coefficient (Wildman–Crippen LogP) is 3.44. The second-order valence-corrected chi connectivity index (χ2v) is 4.80. The van der Waals surface area contributed by atoms with E-state index in [9.17, 15) is 0 Å². The highest BCUT2D eigenvalue weighted by molar-refractivity contribution is 6.20. The van der Waals surface area contributed by atoms with Gasteiger partial charge >= 0.3 is 0 Å². The highest BCUT2D eigenvalue weighted by atomic mass is 35.5. The van der Waals surface area contributed by atoms with Crippen molar-refractivity contribution in [2.75, 3.05) is 7.11 Å². The van der Waals surface area contributed by atoms with Crippen molar-refractivity contribution < 1.29 is 4.74 Å². The van der Waals surface area contributed by atoms with Crippen molar-refractivity contribution in [1.29, 1.82) is 5.26 Å². The van der Waals surface area contributed by atoms with E-state index in [0.29, 0.717) is 22.6 Å². The fourth-order valence-corrected chi connectivity index (χ4v) is 2.62. The molecule has 84 valence electrons. The Bertz CT molecular complexity index is 424. The molecular weight excluding hydrogens is 222 g/mol. The lowest BCUT2D eigenvalue weighted by Crippen LogP contribution is -1.97. The van der Waals surface area contributed by atoms with Crippen LogP contribution in [0.3, 0.4) is 0 Å². The van der Waals surface area contributed by atoms with Gasteiger partial charge in [0.2, 0.25) is 0 Å². The first kappa shape index (κ1) is 11.3. The van der Waals surface area contributed by atoms with Crippen LogP contribution in [-0.2, 0) is 0 Å². The third kappa shape index (κ3) is 2.15. The van der Waals surface area contributed by atoms with Crippen molar-refractivity contribution >= 4 is 11.6 Å². The summed E-state index contributed by atoms with van der Waals surface area (Å²) in [5.41, 5.74) is 1.82. The Hall–Kier alpha value is -1.20. The highest BCUT2D eigenvalue weighted by Gasteiger charge is 2.24. The van der Waals surface area contributed by atoms with Gasteiger partial charge in [-0.15, -0.1) is 11.6 Å². The maximum Gasteiger partial charge on any atom is 0.136 e. The van der Waals surface area contributed by atoms with Crippen molar-refractivity contribution in [3.8, 4) is 11.8 Å². The van der Waals surface area contributed by atoms with Crippen LogP contribution in [0.5, 0.6) is 5.75 Å². The standard InChI is InChI=1S/C13H14ClNO/c1-16-13-7-10(2-3-11(13)8-15)9-4-5-12(14)6-9/h2-3,7,9,12H,4-6H2,1H3. The number of benzene rings is 1. The molecule has 2 atom stereocenters. The monoisotopic (exact) mass is 235 g/mol. The maximum absolute atomic E-state index is 8.90. The van der Waals surface area contributed by atoms with Gasteiger partial charge in [0, 0.05) is 5.38 Å². The molecule has 2 rings (SSSR count). The zero-order valence-electron chi connectivity index (χ0n) is 9.24. The van der Waals surface area contributed by atoms with Crippen molar-refractivity contribution in [1.82, 2.24) is 0 Å². The molecule has 2 unspecified atom stereocenters. The van der Waals surface area contributed by atoms with Gasteiger partial charge < -0.3 is 4.74 Å². The fourth-order valence-electron chi connectivity index (χ4n) is 2.28. The third-order valence-electron chi connectivity index (χ3n) is 3.19. The van der Waals surface area contributed by atoms with Crippen molar-refractivity contribution in [2.24, 2.45) is 0 Å². The zero-order valence-corrected chi connectivity index (χ0v) is 10.00. The quantitative estimate of drug-likeness (QED) is 0.736. The molecule has 0 aromatic heterocycles. The first-order valence-corrected chi connectivity index (χ1v) is 5.90. The predicted molar refractivity (Wildman–Crippen MR) is 63.9 cm³/mol. The number of nitrogens with zero attached hydrogens (tertiary/aromatic N) is 1. The molecule has 1 aromatic rings. The molecule has 0 amide bonds. The summed E-state index contributed by atoms with van der Waals surface area (Å²) in [6, 6.07) is 7.94. The van der Waals surface area contributed by atoms with E-state index in [1.165, 1.54) is 5.56 Å². The Morgan fingerprint density at radius 3 is 2.81 bits per heavy atom. The summed E-state index contributed by atoms with van der Waals surface area (Å²) in [4.78, 5) is 0. The normalized spacial score (nSPS) is 24.1. The second kappa shape index (κ2) is 4.76. The fraction of sp³-hybridized carbons (Fsp3) is 0.462. The van der Waals surface area contributed by atoms with Gasteiger partial charge in [-0.25, -0.2) is 0 Å². The highest BCUT2D eigenvalue weighted by Crippen LogP contribution is 2.38. The summed E-state index contributed by atoms with van der Waals surface area (Å²) >= 11 is 6.11. The van der Waals surface area contributed by atoms with Crippen LogP contribution in [0.2, 0.25) is 0 Å². The zero-order chi connectivity index (χ0) is 11.5. The van der Waals surface area contributed by atoms with E-state index in [1.807, 2.05) is 18.2 Å². The van der Waals surface area contributed by atoms with Gasteiger partial charge in [-0.3, -0.25) is 0 Å². The maximum atomic E-state index is 8.90. The molecule has 0 aliphatic heterocycles. The molecule has 1 aliphatic carbocycles. The largest absolute Gasteiger partial charge is 0.495 e. The lowest BCUT2D eigenvalue weighted by atomic mass is 9.96. The molecular formula is C13H14ClNO. The van der Waals surface area contributed by atoms with Gasteiger partial charge in [0.05, 0.1) is 12.7 Å². The smallest absolute Gasteiger partial charge is 0.136 e. The SMILES string of the molecule is COc1cc(C2CCC(Cl)C2)ccc1C#N. The Morgan fingerprint density at radius 1 is 1.44 bits per heavy atom. The van der Waals surface area contributed by atoms with Gasteiger partial charge in [-0.05, 0) is 42.9 Å². The Kier molecular flexibility index (Phi) is 3.36. The number of halogens is 1. The van der Waals surface area contributed by atoms with Crippen LogP contribution < -0.4 is 4.74 Å². The van der Waals surface area contributed by atoms with E-state index in [4.69, 9.17) is 21.6 Å². The van der Waals surface area contributed by atoms with Gasteiger partial charge in [-0.1, -0.05) is 6.07 Å². The molecule has 1 fully saturated rings. The van der Waals surface area contributed by atoms with Crippen LogP contribution in [0.15, 0.2) is 18.2 Å². The Labute approximate surface area is 101 Å². The minimum Gasteiger partial charge on any atom is -0.495 e. The van der Waals surface area contributed by atoms with Crippen LogP contribution in [-0.4, -0.2) is 12.5 Å². The minimum absolute atomic E-state index is 0.298. The average Bonchev–Trinajstić information content (AvgIpc) is 2.75. The van der Waals surface area contributed by atoms with Crippen molar-refractivity contribution in [3.63, 3.8) is 0 Å². The van der Waals surface area contributed by atoms with Gasteiger partial charge in [-0.2, -0.15) is 5.26 Å². The summed E-state index contributed by atoms with van der Waals surface area (Å²) in [7, 11) is 1.60. The second-order valence-electron chi connectivity index (χ2n) is 4.18. The molecule has 1 aromatic carbocycles. The van der Waals surface area contributed by atoms with Crippen LogP contribution in [0.25, 0.3) is 0 Å². The summed E-state index contributed by atoms with van der Waals surface area (Å²) in [6.07, 6.45) is 3.23. The molecule has 2 nitrogen and oxygen atoms in total. The summed E-state index contributed by atoms with van der Waals surface area (Å²) in [5.74, 6) is 1.18. The van der Waals surface area contributed by atoms with Crippen molar-refractivity contribution in [3.05, 3.63) is 29.3 Å². The number of hydrogen-bond acceptors (Lipinski definition) is 2. The average molecular weight is 236 g/mol. The number of methoxy groups -OCH3 is 1. The summed E-state index contributed by atoms with van der Waals surface area (Å²) in [6.45, 7) is 0. The Morgan fingerprint density at radius 2 is 2.25 bits per heavy atom. The van der Waals surface area contributed by atoms with Crippen molar-refractivity contribution in [2.45, 2.75) is 30.6 Å². The van der Waals surface area contributed by atoms with E-state index in [0.717, 1.165) is 19.3 Å². The molecule has 0 radical (unpaired) electrons. The molecule has 1 aliphatic rings. The first-order valence-electron chi connectivity index (χ1n) is 5.46.